The van der Waals surface area contributed by atoms with E-state index in [0.29, 0.717) is 44.2 Å². The van der Waals surface area contributed by atoms with E-state index in [9.17, 15) is 53.4 Å². The number of unbranched alkanes of at least 4 members (excludes halogenated alkanes) is 2. The van der Waals surface area contributed by atoms with Gasteiger partial charge in [0.2, 0.25) is 47.3 Å². The number of rotatable bonds is 34. The number of carboxylic acids is 1. The summed E-state index contributed by atoms with van der Waals surface area (Å²) in [5.74, 6) is -7.86. The Labute approximate surface area is 431 Å². The number of aryl methyl sites for hydroxylation is 1. The van der Waals surface area contributed by atoms with E-state index in [4.69, 9.17) is 40.1 Å². The van der Waals surface area contributed by atoms with Crippen LogP contribution in [0.1, 0.15) is 88.7 Å². The number of nitrogens with one attached hydrogen (secondary N) is 7. The zero-order valence-electron chi connectivity index (χ0n) is 42.4. The molecule has 0 aliphatic carbocycles. The monoisotopic (exact) mass is 1040 g/mol. The van der Waals surface area contributed by atoms with Gasteiger partial charge in [0.25, 0.3) is 0 Å². The number of nitrogens with zero attached hydrogens (tertiary/aromatic N) is 2. The summed E-state index contributed by atoms with van der Waals surface area (Å²) in [5, 5.41) is 37.8. The summed E-state index contributed by atoms with van der Waals surface area (Å²) in [4.78, 5) is 126. The van der Waals surface area contributed by atoms with Gasteiger partial charge in [-0.15, -0.1) is 0 Å². The molecule has 0 saturated carbocycles. The predicted molar refractivity (Wildman–Crippen MR) is 274 cm³/mol. The Kier molecular flexibility index (Phi) is 29.0. The number of benzene rings is 1. The van der Waals surface area contributed by atoms with Crippen molar-refractivity contribution < 1.29 is 53.4 Å². The highest BCUT2D eigenvalue weighted by Crippen LogP contribution is 2.21. The van der Waals surface area contributed by atoms with Gasteiger partial charge in [-0.25, -0.2) is 4.79 Å². The fraction of sp³-hybridized carbons (Fsp3) is 0.617. The van der Waals surface area contributed by atoms with Gasteiger partial charge in [0.05, 0.1) is 18.7 Å². The SMILES string of the molecule is Cc1ccc(C[C@H](NC(=O)[C@@H]2CCCN2C(=O)[C@@H](CCCN)NC(=O)CNC(=O)[C@H](C)NC(=O)[C@@H](NC(=O)C(N)CCCCN)[C@@H](O)CN)C(=O)N[C@@H](CCCCN)C(=O)N/C(=C\CCN=C(N)N)C(=O)O)cc1. The number of aliphatic imine (C=N–C) groups is 1. The lowest BCUT2D eigenvalue weighted by atomic mass is 10.0. The van der Waals surface area contributed by atoms with Gasteiger partial charge in [-0.3, -0.25) is 43.3 Å². The van der Waals surface area contributed by atoms with Gasteiger partial charge >= 0.3 is 5.97 Å². The van der Waals surface area contributed by atoms with E-state index >= 15 is 0 Å². The minimum atomic E-state index is -1.56. The van der Waals surface area contributed by atoms with Crippen LogP contribution in [0.25, 0.3) is 0 Å². The molecule has 23 N–H and O–H groups in total. The van der Waals surface area contributed by atoms with Crippen molar-refractivity contribution in [1.82, 2.24) is 42.1 Å². The molecule has 8 atom stereocenters. The third kappa shape index (κ3) is 22.5. The Hall–Kier alpha value is -6.78. The van der Waals surface area contributed by atoms with Crippen molar-refractivity contribution in [2.24, 2.45) is 45.1 Å². The van der Waals surface area contributed by atoms with E-state index in [0.717, 1.165) is 5.56 Å². The van der Waals surface area contributed by atoms with Gasteiger partial charge in [0.15, 0.2) is 5.96 Å². The lowest BCUT2D eigenvalue weighted by Gasteiger charge is -2.30. The number of carboxylic acid groups (broad SMARTS) is 1. The van der Waals surface area contributed by atoms with Gasteiger partial charge in [-0.1, -0.05) is 42.3 Å². The highest BCUT2D eigenvalue weighted by molar-refractivity contribution is 5.99. The number of likely N-dealkylation sites (tertiary alicyclic amines) is 1. The molecule has 1 aliphatic heterocycles. The second-order valence-electron chi connectivity index (χ2n) is 18.0. The molecule has 2 rings (SSSR count). The van der Waals surface area contributed by atoms with Gasteiger partial charge in [-0.05, 0) is 103 Å². The zero-order chi connectivity index (χ0) is 55.3. The maximum Gasteiger partial charge on any atom is 0.352 e. The molecule has 1 aliphatic rings. The van der Waals surface area contributed by atoms with Crippen LogP contribution in [0.3, 0.4) is 0 Å². The average molecular weight is 1050 g/mol. The second kappa shape index (κ2) is 33.9. The minimum absolute atomic E-state index is 0.0403. The number of aliphatic hydroxyl groups is 1. The molecule has 27 heteroatoms. The standard InChI is InChI=1S/C47H80N16O11/c1-27-15-17-29(18-16-27)24-34(42(69)59-31(11-4-6-20-49)41(68)60-33(46(73)74)13-8-22-55-47(53)54)61-43(70)35-14-9-23-63(35)45(72)32(12-7-21-50)58-37(65)26-56-39(66)28(2)57-44(71)38(36(64)25-51)62-40(67)30(52)10-3-5-19-48/h13,15-18,28,30-32,34-36,38,64H,3-12,14,19-26,48-52H2,1-2H3,(H,56,66)(H,57,71)(H,58,65)(H,59,69)(H,60,68)(H,61,70)(H,62,67)(H,73,74)(H4,53,54,55)/b33-13-/t28-,30?,31-,32+,34-,35-,36-,38-/m0/s1. The topological polar surface area (TPSA) is 476 Å². The molecule has 0 bridgehead atoms. The van der Waals surface area contributed by atoms with Crippen LogP contribution in [0.15, 0.2) is 41.0 Å². The van der Waals surface area contributed by atoms with Gasteiger partial charge < -0.3 is 92.5 Å². The molecule has 1 heterocycles. The molecule has 0 radical (unpaired) electrons. The first-order chi connectivity index (χ1) is 35.2. The van der Waals surface area contributed by atoms with Crippen LogP contribution in [-0.4, -0.2) is 169 Å². The van der Waals surface area contributed by atoms with Crippen LogP contribution < -0.4 is 77.4 Å². The lowest BCUT2D eigenvalue weighted by Crippen LogP contribution is -2.60. The summed E-state index contributed by atoms with van der Waals surface area (Å²) in [6, 6.07) is -1.53. The van der Waals surface area contributed by atoms with Crippen LogP contribution in [0, 0.1) is 6.92 Å². The number of hydrogen-bond acceptors (Lipinski definition) is 16. The largest absolute Gasteiger partial charge is 0.477 e. The van der Waals surface area contributed by atoms with E-state index in [1.54, 1.807) is 12.1 Å². The van der Waals surface area contributed by atoms with Crippen molar-refractivity contribution >= 4 is 59.2 Å². The first kappa shape index (κ1) is 63.3. The number of guanidine groups is 1. The number of hydrogen-bond donors (Lipinski definition) is 16. The van der Waals surface area contributed by atoms with Gasteiger partial charge in [0, 0.05) is 26.1 Å². The quantitative estimate of drug-likeness (QED) is 0.0132. The molecule has 1 aromatic rings. The summed E-state index contributed by atoms with van der Waals surface area (Å²) >= 11 is 0. The van der Waals surface area contributed by atoms with Crippen LogP contribution in [0.5, 0.6) is 0 Å². The third-order valence-corrected chi connectivity index (χ3v) is 11.9. The molecule has 8 amide bonds. The molecule has 1 fully saturated rings. The number of carbonyl (C=O) groups is 9. The summed E-state index contributed by atoms with van der Waals surface area (Å²) in [6.07, 6.45) is 3.01. The first-order valence-corrected chi connectivity index (χ1v) is 24.9. The van der Waals surface area contributed by atoms with E-state index < -0.39 is 120 Å². The molecule has 0 spiro atoms. The third-order valence-electron chi connectivity index (χ3n) is 11.9. The number of amides is 8. The Morgan fingerprint density at radius 2 is 1.39 bits per heavy atom. The molecule has 1 unspecified atom stereocenters. The number of carbonyl (C=O) groups excluding carboxylic acids is 8. The fourth-order valence-electron chi connectivity index (χ4n) is 7.67. The van der Waals surface area contributed by atoms with Crippen LogP contribution >= 0.6 is 0 Å². The highest BCUT2D eigenvalue weighted by Gasteiger charge is 2.39. The Morgan fingerprint density at radius 1 is 0.757 bits per heavy atom. The number of nitrogens with two attached hydrogens (primary N) is 7. The summed E-state index contributed by atoms with van der Waals surface area (Å²) in [5.41, 5.74) is 40.3. The van der Waals surface area contributed by atoms with Crippen LogP contribution in [-0.2, 0) is 49.6 Å². The van der Waals surface area contributed by atoms with Crippen molar-refractivity contribution in [2.75, 3.05) is 45.8 Å². The van der Waals surface area contributed by atoms with Crippen molar-refractivity contribution in [1.29, 1.82) is 0 Å². The maximum atomic E-state index is 14.2. The maximum absolute atomic E-state index is 14.2. The smallest absolute Gasteiger partial charge is 0.352 e. The predicted octanol–water partition coefficient (Wildman–Crippen LogP) is -5.52. The summed E-state index contributed by atoms with van der Waals surface area (Å²) in [6.45, 7) is 3.10. The summed E-state index contributed by atoms with van der Waals surface area (Å²) in [7, 11) is 0. The normalized spacial score (nSPS) is 16.2. The van der Waals surface area contributed by atoms with E-state index in [1.165, 1.54) is 17.9 Å². The lowest BCUT2D eigenvalue weighted by molar-refractivity contribution is -0.142. The zero-order valence-corrected chi connectivity index (χ0v) is 42.4. The van der Waals surface area contributed by atoms with Gasteiger partial charge in [0.1, 0.15) is 41.9 Å². The average Bonchev–Trinajstić information content (AvgIpc) is 3.87. The number of aliphatic carboxylic acids is 1. The van der Waals surface area contributed by atoms with Crippen molar-refractivity contribution in [3.8, 4) is 0 Å². The van der Waals surface area contributed by atoms with Crippen molar-refractivity contribution in [2.45, 2.75) is 139 Å². The first-order valence-electron chi connectivity index (χ1n) is 24.9. The van der Waals surface area contributed by atoms with Crippen molar-refractivity contribution in [3.05, 3.63) is 47.2 Å². The Balaban J connectivity index is 2.25. The van der Waals surface area contributed by atoms with Crippen LogP contribution in [0.4, 0.5) is 0 Å². The second-order valence-corrected chi connectivity index (χ2v) is 18.0. The highest BCUT2D eigenvalue weighted by atomic mass is 16.4. The molecule has 414 valence electrons. The molecule has 0 aromatic heterocycles. The molecular weight excluding hydrogens is 965 g/mol. The summed E-state index contributed by atoms with van der Waals surface area (Å²) < 4.78 is 0. The Morgan fingerprint density at radius 3 is 2.00 bits per heavy atom. The molecule has 74 heavy (non-hydrogen) atoms. The van der Waals surface area contributed by atoms with Gasteiger partial charge in [-0.2, -0.15) is 0 Å². The van der Waals surface area contributed by atoms with E-state index in [2.05, 4.69) is 42.2 Å². The Bertz CT molecular complexity index is 2090. The molecule has 1 aromatic carbocycles. The fourth-order valence-corrected chi connectivity index (χ4v) is 7.67. The van der Waals surface area contributed by atoms with E-state index in [-0.39, 0.29) is 77.1 Å². The van der Waals surface area contributed by atoms with Crippen LogP contribution in [0.2, 0.25) is 0 Å². The van der Waals surface area contributed by atoms with E-state index in [1.807, 2.05) is 19.1 Å². The minimum Gasteiger partial charge on any atom is -0.477 e. The number of aliphatic hydroxyl groups excluding tert-OH is 1. The molecular formula is C47H80N16O11. The molecule has 1 saturated heterocycles. The van der Waals surface area contributed by atoms with Crippen molar-refractivity contribution in [3.63, 3.8) is 0 Å². The molecule has 27 nitrogen and oxygen atoms in total.